The summed E-state index contributed by atoms with van der Waals surface area (Å²) in [5, 5.41) is 53.3. The van der Waals surface area contributed by atoms with E-state index in [0.29, 0.717) is 6.42 Å². The van der Waals surface area contributed by atoms with Crippen LogP contribution in [0.15, 0.2) is 36.5 Å². The summed E-state index contributed by atoms with van der Waals surface area (Å²) in [6, 6.07) is -0.818. The van der Waals surface area contributed by atoms with Gasteiger partial charge in [0.1, 0.15) is 24.4 Å². The van der Waals surface area contributed by atoms with Crippen LogP contribution < -0.4 is 5.32 Å². The zero-order valence-corrected chi connectivity index (χ0v) is 24.6. The molecule has 1 saturated heterocycles. The molecule has 1 fully saturated rings. The highest BCUT2D eigenvalue weighted by molar-refractivity contribution is 5.76. The fourth-order valence-corrected chi connectivity index (χ4v) is 4.37. The molecule has 1 rings (SSSR count). The maximum absolute atomic E-state index is 12.6. The molecule has 0 aromatic carbocycles. The SMILES string of the molecule is CCC/C=C/CC/C=C/CC/C=C/C(O)C(COC1OC(CO)C(O)C(O)C1O)NC(=O)CCCCCCCC. The normalized spacial score (nSPS) is 25.2. The van der Waals surface area contributed by atoms with E-state index < -0.39 is 49.5 Å². The molecular formula is C31H55NO8. The second-order valence-electron chi connectivity index (χ2n) is 10.5. The number of unbranched alkanes of at least 4 members (excludes halogenated alkanes) is 8. The van der Waals surface area contributed by atoms with Crippen molar-refractivity contribution in [2.45, 2.75) is 140 Å². The Balaban J connectivity index is 2.63. The first kappa shape index (κ1) is 36.4. The van der Waals surface area contributed by atoms with Crippen molar-refractivity contribution >= 4 is 5.91 Å². The molecule has 9 heteroatoms. The van der Waals surface area contributed by atoms with Gasteiger partial charge in [-0.15, -0.1) is 0 Å². The number of amides is 1. The maximum atomic E-state index is 12.6. The number of allylic oxidation sites excluding steroid dienone is 5. The minimum absolute atomic E-state index is 0.206. The molecule has 1 aliphatic heterocycles. The van der Waals surface area contributed by atoms with E-state index in [1.807, 2.05) is 6.08 Å². The van der Waals surface area contributed by atoms with Gasteiger partial charge in [0.25, 0.3) is 0 Å². The Morgan fingerprint density at radius 1 is 0.825 bits per heavy atom. The zero-order valence-electron chi connectivity index (χ0n) is 24.6. The van der Waals surface area contributed by atoms with Crippen LogP contribution in [0.5, 0.6) is 0 Å². The van der Waals surface area contributed by atoms with E-state index in [0.717, 1.165) is 70.6 Å². The number of aliphatic hydroxyl groups is 5. The Hall–Kier alpha value is -1.59. The molecule has 0 spiro atoms. The van der Waals surface area contributed by atoms with E-state index in [9.17, 15) is 30.3 Å². The highest BCUT2D eigenvalue weighted by atomic mass is 16.7. The van der Waals surface area contributed by atoms with E-state index in [1.54, 1.807) is 6.08 Å². The molecule has 0 saturated carbocycles. The summed E-state index contributed by atoms with van der Waals surface area (Å²) in [6.45, 7) is 3.54. The van der Waals surface area contributed by atoms with Crippen LogP contribution in [0.1, 0.15) is 97.3 Å². The lowest BCUT2D eigenvalue weighted by Gasteiger charge is -2.40. The molecule has 1 aliphatic rings. The Morgan fingerprint density at radius 2 is 1.43 bits per heavy atom. The monoisotopic (exact) mass is 569 g/mol. The van der Waals surface area contributed by atoms with Gasteiger partial charge < -0.3 is 40.3 Å². The second-order valence-corrected chi connectivity index (χ2v) is 10.5. The van der Waals surface area contributed by atoms with Crippen LogP contribution in [-0.4, -0.2) is 87.5 Å². The highest BCUT2D eigenvalue weighted by Crippen LogP contribution is 2.22. The van der Waals surface area contributed by atoms with Crippen LogP contribution in [0.2, 0.25) is 0 Å². The van der Waals surface area contributed by atoms with Crippen molar-refractivity contribution in [3.05, 3.63) is 36.5 Å². The Morgan fingerprint density at radius 3 is 2.05 bits per heavy atom. The van der Waals surface area contributed by atoms with Crippen molar-refractivity contribution in [3.8, 4) is 0 Å². The van der Waals surface area contributed by atoms with Gasteiger partial charge in [0.05, 0.1) is 25.4 Å². The molecule has 6 N–H and O–H groups in total. The molecule has 0 radical (unpaired) electrons. The fraction of sp³-hybridized carbons (Fsp3) is 0.774. The van der Waals surface area contributed by atoms with Gasteiger partial charge in [0.15, 0.2) is 6.29 Å². The Bertz CT molecular complexity index is 726. The van der Waals surface area contributed by atoms with Gasteiger partial charge in [-0.2, -0.15) is 0 Å². The lowest BCUT2D eigenvalue weighted by molar-refractivity contribution is -0.302. The van der Waals surface area contributed by atoms with Crippen LogP contribution in [0, 0.1) is 0 Å². The fourth-order valence-electron chi connectivity index (χ4n) is 4.37. The third kappa shape index (κ3) is 15.4. The third-order valence-corrected chi connectivity index (χ3v) is 6.93. The summed E-state index contributed by atoms with van der Waals surface area (Å²) < 4.78 is 11.0. The molecule has 0 bridgehead atoms. The smallest absolute Gasteiger partial charge is 0.220 e. The topological polar surface area (TPSA) is 149 Å². The quantitative estimate of drug-likeness (QED) is 0.0858. The summed E-state index contributed by atoms with van der Waals surface area (Å²) in [7, 11) is 0. The molecule has 7 atom stereocenters. The minimum atomic E-state index is -1.57. The Kier molecular flexibility index (Phi) is 21.0. The third-order valence-electron chi connectivity index (χ3n) is 6.93. The van der Waals surface area contributed by atoms with Crippen molar-refractivity contribution in [1.82, 2.24) is 5.32 Å². The maximum Gasteiger partial charge on any atom is 0.220 e. The van der Waals surface area contributed by atoms with E-state index in [4.69, 9.17) is 9.47 Å². The molecule has 7 unspecified atom stereocenters. The minimum Gasteiger partial charge on any atom is -0.394 e. The first-order valence-corrected chi connectivity index (χ1v) is 15.2. The number of hydrogen-bond donors (Lipinski definition) is 6. The van der Waals surface area contributed by atoms with Gasteiger partial charge in [-0.3, -0.25) is 4.79 Å². The van der Waals surface area contributed by atoms with Crippen molar-refractivity contribution in [1.29, 1.82) is 0 Å². The van der Waals surface area contributed by atoms with Crippen LogP contribution in [-0.2, 0) is 14.3 Å². The lowest BCUT2D eigenvalue weighted by Crippen LogP contribution is -2.60. The van der Waals surface area contributed by atoms with Crippen molar-refractivity contribution in [3.63, 3.8) is 0 Å². The molecule has 40 heavy (non-hydrogen) atoms. The standard InChI is InChI=1S/C31H55NO8/c1-3-5-7-9-11-12-13-14-15-16-18-20-25(34)24(32-27(35)21-19-17-10-8-6-4-2)23-39-31-30(38)29(37)28(36)26(22-33)40-31/h7,9,13-14,18,20,24-26,28-31,33-34,36-38H,3-6,8,10-12,15-17,19,21-23H2,1-2H3,(H,32,35)/b9-7+,14-13+,20-18+. The van der Waals surface area contributed by atoms with Crippen LogP contribution in [0.25, 0.3) is 0 Å². The molecule has 1 amide bonds. The van der Waals surface area contributed by atoms with E-state index in [2.05, 4.69) is 43.5 Å². The van der Waals surface area contributed by atoms with E-state index in [1.165, 1.54) is 6.42 Å². The van der Waals surface area contributed by atoms with Gasteiger partial charge in [0, 0.05) is 6.42 Å². The average molecular weight is 570 g/mol. The number of carbonyl (C=O) groups excluding carboxylic acids is 1. The summed E-state index contributed by atoms with van der Waals surface area (Å²) in [5.41, 5.74) is 0. The molecule has 0 aromatic rings. The number of rotatable bonds is 22. The first-order valence-electron chi connectivity index (χ1n) is 15.2. The summed E-state index contributed by atoms with van der Waals surface area (Å²) in [5.74, 6) is -0.207. The van der Waals surface area contributed by atoms with Gasteiger partial charge >= 0.3 is 0 Å². The zero-order chi connectivity index (χ0) is 29.6. The molecular weight excluding hydrogens is 514 g/mol. The van der Waals surface area contributed by atoms with Crippen molar-refractivity contribution in [2.75, 3.05) is 13.2 Å². The molecule has 0 aliphatic carbocycles. The number of carbonyl (C=O) groups is 1. The number of ether oxygens (including phenoxy) is 2. The van der Waals surface area contributed by atoms with Gasteiger partial charge in [-0.05, 0) is 38.5 Å². The average Bonchev–Trinajstić information content (AvgIpc) is 2.95. The van der Waals surface area contributed by atoms with Crippen LogP contribution >= 0.6 is 0 Å². The Labute approximate surface area is 241 Å². The van der Waals surface area contributed by atoms with Crippen molar-refractivity contribution < 1.29 is 39.8 Å². The number of hydrogen-bond acceptors (Lipinski definition) is 8. The van der Waals surface area contributed by atoms with Gasteiger partial charge in [-0.25, -0.2) is 0 Å². The largest absolute Gasteiger partial charge is 0.394 e. The van der Waals surface area contributed by atoms with E-state index >= 15 is 0 Å². The van der Waals surface area contributed by atoms with E-state index in [-0.39, 0.29) is 12.5 Å². The van der Waals surface area contributed by atoms with Gasteiger partial charge in [0.2, 0.25) is 5.91 Å². The molecule has 232 valence electrons. The second kappa shape index (κ2) is 23.0. The molecule has 0 aromatic heterocycles. The molecule has 1 heterocycles. The number of nitrogens with one attached hydrogen (secondary N) is 1. The van der Waals surface area contributed by atoms with Crippen molar-refractivity contribution in [2.24, 2.45) is 0 Å². The first-order chi connectivity index (χ1) is 19.3. The number of aliphatic hydroxyl groups excluding tert-OH is 5. The van der Waals surface area contributed by atoms with Crippen LogP contribution in [0.4, 0.5) is 0 Å². The summed E-state index contributed by atoms with van der Waals surface area (Å²) in [4.78, 5) is 12.6. The predicted octanol–water partition coefficient (Wildman–Crippen LogP) is 3.43. The summed E-state index contributed by atoms with van der Waals surface area (Å²) >= 11 is 0. The molecule has 9 nitrogen and oxygen atoms in total. The summed E-state index contributed by atoms with van der Waals surface area (Å²) in [6.07, 6.45) is 16.5. The van der Waals surface area contributed by atoms with Gasteiger partial charge in [-0.1, -0.05) is 88.8 Å². The van der Waals surface area contributed by atoms with Crippen LogP contribution in [0.3, 0.4) is 0 Å². The highest BCUT2D eigenvalue weighted by Gasteiger charge is 2.44. The lowest BCUT2D eigenvalue weighted by atomic mass is 9.99. The predicted molar refractivity (Wildman–Crippen MR) is 156 cm³/mol.